The van der Waals surface area contributed by atoms with Gasteiger partial charge in [0.15, 0.2) is 5.16 Å². The van der Waals surface area contributed by atoms with E-state index in [2.05, 4.69) is 9.97 Å². The zero-order valence-electron chi connectivity index (χ0n) is 11.3. The highest BCUT2D eigenvalue weighted by atomic mass is 35.5. The van der Waals surface area contributed by atoms with Crippen molar-refractivity contribution in [2.75, 3.05) is 12.8 Å². The molecule has 0 amide bonds. The second-order valence-electron chi connectivity index (χ2n) is 4.16. The quantitative estimate of drug-likeness (QED) is 0.510. The summed E-state index contributed by atoms with van der Waals surface area (Å²) < 4.78 is 4.71. The van der Waals surface area contributed by atoms with Gasteiger partial charge in [-0.1, -0.05) is 11.6 Å². The molecular formula is C13H12ClN3O3S. The van der Waals surface area contributed by atoms with Gasteiger partial charge < -0.3 is 15.5 Å². The number of carbonyl (C=O) groups excluding carboxylic acids is 1. The van der Waals surface area contributed by atoms with Crippen molar-refractivity contribution in [1.82, 2.24) is 9.97 Å². The molecule has 0 saturated heterocycles. The zero-order chi connectivity index (χ0) is 15.6. The van der Waals surface area contributed by atoms with E-state index in [9.17, 15) is 9.59 Å². The summed E-state index contributed by atoms with van der Waals surface area (Å²) in [4.78, 5) is 30.5. The fourth-order valence-electron chi connectivity index (χ4n) is 1.68. The molecule has 0 bridgehead atoms. The Hall–Kier alpha value is -1.99. The lowest BCUT2D eigenvalue weighted by molar-refractivity contribution is 0.0597. The van der Waals surface area contributed by atoms with Gasteiger partial charge in [0.1, 0.15) is 0 Å². The number of benzene rings is 1. The average molecular weight is 326 g/mol. The molecule has 0 radical (unpaired) electrons. The van der Waals surface area contributed by atoms with Crippen molar-refractivity contribution < 1.29 is 9.53 Å². The minimum Gasteiger partial charge on any atom is -0.465 e. The number of nitrogens with two attached hydrogens (primary N) is 1. The molecule has 0 fully saturated rings. The number of aromatic amines is 1. The minimum atomic E-state index is -0.568. The van der Waals surface area contributed by atoms with Crippen molar-refractivity contribution >= 4 is 35.0 Å². The highest BCUT2D eigenvalue weighted by Crippen LogP contribution is 2.36. The Morgan fingerprint density at radius 3 is 2.76 bits per heavy atom. The van der Waals surface area contributed by atoms with Crippen LogP contribution in [0.5, 0.6) is 0 Å². The van der Waals surface area contributed by atoms with Gasteiger partial charge in [-0.25, -0.2) is 9.78 Å². The first kappa shape index (κ1) is 15.4. The number of hydrogen-bond acceptors (Lipinski definition) is 6. The molecule has 1 heterocycles. The number of H-pyrrole nitrogens is 1. The highest BCUT2D eigenvalue weighted by molar-refractivity contribution is 7.99. The van der Waals surface area contributed by atoms with Gasteiger partial charge in [0.25, 0.3) is 5.56 Å². The van der Waals surface area contributed by atoms with Crippen molar-refractivity contribution in [3.05, 3.63) is 44.8 Å². The zero-order valence-corrected chi connectivity index (χ0v) is 12.8. The van der Waals surface area contributed by atoms with Gasteiger partial charge in [0.05, 0.1) is 17.7 Å². The van der Waals surface area contributed by atoms with Crippen LogP contribution in [0.3, 0.4) is 0 Å². The van der Waals surface area contributed by atoms with Gasteiger partial charge >= 0.3 is 5.97 Å². The van der Waals surface area contributed by atoms with Gasteiger partial charge in [0, 0.05) is 22.3 Å². The molecule has 2 rings (SSSR count). The van der Waals surface area contributed by atoms with Gasteiger partial charge in [0.2, 0.25) is 0 Å². The molecule has 0 aliphatic rings. The van der Waals surface area contributed by atoms with Crippen LogP contribution in [0.15, 0.2) is 33.0 Å². The van der Waals surface area contributed by atoms with E-state index in [1.807, 2.05) is 0 Å². The van der Waals surface area contributed by atoms with E-state index in [1.54, 1.807) is 6.92 Å². The molecule has 2 aromatic rings. The SMILES string of the molecule is COC(=O)c1cc(N)cc(Cl)c1Sc1nc(C)cc(=O)[nH]1. The molecule has 110 valence electrons. The second-order valence-corrected chi connectivity index (χ2v) is 5.57. The molecule has 0 saturated carbocycles. The Morgan fingerprint density at radius 1 is 1.43 bits per heavy atom. The van der Waals surface area contributed by atoms with Crippen molar-refractivity contribution in [1.29, 1.82) is 0 Å². The largest absolute Gasteiger partial charge is 0.465 e. The van der Waals surface area contributed by atoms with E-state index in [1.165, 1.54) is 25.3 Å². The Balaban J connectivity index is 2.52. The third kappa shape index (κ3) is 3.56. The summed E-state index contributed by atoms with van der Waals surface area (Å²) >= 11 is 7.20. The molecule has 0 atom stereocenters. The average Bonchev–Trinajstić information content (AvgIpc) is 2.39. The summed E-state index contributed by atoms with van der Waals surface area (Å²) in [5.74, 6) is -0.568. The van der Waals surface area contributed by atoms with Gasteiger partial charge in [-0.15, -0.1) is 0 Å². The number of aromatic nitrogens is 2. The van der Waals surface area contributed by atoms with E-state index in [0.29, 0.717) is 21.4 Å². The number of nitrogen functional groups attached to an aromatic ring is 1. The van der Waals surface area contributed by atoms with Crippen molar-refractivity contribution in [3.8, 4) is 0 Å². The monoisotopic (exact) mass is 325 g/mol. The molecule has 21 heavy (non-hydrogen) atoms. The van der Waals surface area contributed by atoms with Crippen LogP contribution in [0.25, 0.3) is 0 Å². The Morgan fingerprint density at radius 2 is 2.14 bits per heavy atom. The first-order valence-corrected chi connectivity index (χ1v) is 7.03. The van der Waals surface area contributed by atoms with Crippen molar-refractivity contribution in [3.63, 3.8) is 0 Å². The minimum absolute atomic E-state index is 0.219. The number of ether oxygens (including phenoxy) is 1. The van der Waals surface area contributed by atoms with Crippen LogP contribution in [0.1, 0.15) is 16.1 Å². The molecule has 0 unspecified atom stereocenters. The van der Waals surface area contributed by atoms with Crippen molar-refractivity contribution in [2.24, 2.45) is 0 Å². The summed E-state index contributed by atoms with van der Waals surface area (Å²) in [6, 6.07) is 4.36. The summed E-state index contributed by atoms with van der Waals surface area (Å²) in [5.41, 5.74) is 6.53. The van der Waals surface area contributed by atoms with E-state index < -0.39 is 5.97 Å². The van der Waals surface area contributed by atoms with Gasteiger partial charge in [-0.05, 0) is 30.8 Å². The van der Waals surface area contributed by atoms with Crippen LogP contribution < -0.4 is 11.3 Å². The van der Waals surface area contributed by atoms with Crippen LogP contribution >= 0.6 is 23.4 Å². The number of methoxy groups -OCH3 is 1. The van der Waals surface area contributed by atoms with Gasteiger partial charge in [-0.2, -0.15) is 0 Å². The number of nitrogens with zero attached hydrogens (tertiary/aromatic N) is 1. The second kappa shape index (κ2) is 6.19. The highest BCUT2D eigenvalue weighted by Gasteiger charge is 2.18. The maximum absolute atomic E-state index is 11.8. The lowest BCUT2D eigenvalue weighted by Gasteiger charge is -2.10. The summed E-state index contributed by atoms with van der Waals surface area (Å²) in [7, 11) is 1.26. The summed E-state index contributed by atoms with van der Waals surface area (Å²) in [6.07, 6.45) is 0. The molecule has 1 aromatic heterocycles. The van der Waals surface area contributed by atoms with Crippen LogP contribution in [-0.2, 0) is 4.74 Å². The standard InChI is InChI=1S/C13H12ClN3O3S/c1-6-3-10(18)17-13(16-6)21-11-8(12(19)20-2)4-7(15)5-9(11)14/h3-5H,15H2,1-2H3,(H,16,17,18). The fraction of sp³-hybridized carbons (Fsp3) is 0.154. The smallest absolute Gasteiger partial charge is 0.339 e. The van der Waals surface area contributed by atoms with E-state index in [4.69, 9.17) is 22.1 Å². The predicted octanol–water partition coefficient (Wildman–Crippen LogP) is 2.25. The van der Waals surface area contributed by atoms with Gasteiger partial charge in [-0.3, -0.25) is 4.79 Å². The molecule has 0 spiro atoms. The summed E-state index contributed by atoms with van der Waals surface area (Å²) in [5, 5.41) is 0.612. The lowest BCUT2D eigenvalue weighted by atomic mass is 10.2. The maximum Gasteiger partial charge on any atom is 0.339 e. The third-order valence-electron chi connectivity index (χ3n) is 2.52. The van der Waals surface area contributed by atoms with E-state index in [0.717, 1.165) is 11.8 Å². The number of hydrogen-bond donors (Lipinski definition) is 2. The fourth-order valence-corrected chi connectivity index (χ4v) is 2.96. The number of aryl methyl sites for hydroxylation is 1. The molecule has 6 nitrogen and oxygen atoms in total. The lowest BCUT2D eigenvalue weighted by Crippen LogP contribution is -2.09. The van der Waals surface area contributed by atoms with Crippen LogP contribution in [0.2, 0.25) is 5.02 Å². The molecule has 0 aliphatic heterocycles. The number of carbonyl (C=O) groups is 1. The topological polar surface area (TPSA) is 98.1 Å². The number of anilines is 1. The predicted molar refractivity (Wildman–Crippen MR) is 80.9 cm³/mol. The first-order valence-electron chi connectivity index (χ1n) is 5.84. The summed E-state index contributed by atoms with van der Waals surface area (Å²) in [6.45, 7) is 1.70. The molecular weight excluding hydrogens is 314 g/mol. The van der Waals surface area contributed by atoms with E-state index in [-0.39, 0.29) is 16.1 Å². The number of nitrogens with one attached hydrogen (secondary N) is 1. The molecule has 8 heteroatoms. The number of rotatable bonds is 3. The van der Waals surface area contributed by atoms with Crippen molar-refractivity contribution in [2.45, 2.75) is 17.0 Å². The molecule has 0 aliphatic carbocycles. The third-order valence-corrected chi connectivity index (χ3v) is 3.96. The Kier molecular flexibility index (Phi) is 4.54. The Bertz CT molecular complexity index is 761. The molecule has 3 N–H and O–H groups in total. The van der Waals surface area contributed by atoms with Crippen LogP contribution in [0.4, 0.5) is 5.69 Å². The number of halogens is 1. The molecule has 1 aromatic carbocycles. The number of esters is 1. The van der Waals surface area contributed by atoms with Crippen LogP contribution in [-0.4, -0.2) is 23.0 Å². The van der Waals surface area contributed by atoms with Crippen LogP contribution in [0, 0.1) is 6.92 Å². The van der Waals surface area contributed by atoms with E-state index >= 15 is 0 Å². The maximum atomic E-state index is 11.8. The first-order chi connectivity index (χ1) is 9.90. The normalized spacial score (nSPS) is 10.4. The Labute approximate surface area is 129 Å².